The molecule has 0 amide bonds. The van der Waals surface area contributed by atoms with Crippen LogP contribution in [0.3, 0.4) is 0 Å². The van der Waals surface area contributed by atoms with E-state index in [2.05, 4.69) is 5.16 Å². The largest absolute Gasteiger partial charge is 0.507 e. The number of hydrogen-bond acceptors (Lipinski definition) is 18. The molecule has 4 aliphatic rings. The lowest BCUT2D eigenvalue weighted by Gasteiger charge is -2.45. The number of phenolic OH excluding ortho intramolecular Hbond substituents is 2. The first-order valence-corrected chi connectivity index (χ1v) is 18.2. The average Bonchev–Trinajstić information content (AvgIpc) is 3.11. The van der Waals surface area contributed by atoms with Crippen LogP contribution >= 0.6 is 7.60 Å². The third kappa shape index (κ3) is 6.12. The summed E-state index contributed by atoms with van der Waals surface area (Å²) < 4.78 is 29.5. The smallest absolute Gasteiger partial charge is 0.361 e. The van der Waals surface area contributed by atoms with Gasteiger partial charge in [-0.3, -0.25) is 18.9 Å². The maximum atomic E-state index is 13.9. The minimum absolute atomic E-state index is 0.00855. The number of methoxy groups -OCH3 is 1. The molecule has 10 atom stereocenters. The van der Waals surface area contributed by atoms with Crippen LogP contribution in [0.25, 0.3) is 0 Å². The van der Waals surface area contributed by atoms with Gasteiger partial charge in [0.05, 0.1) is 54.6 Å². The minimum Gasteiger partial charge on any atom is -0.507 e. The molecule has 1 heterocycles. The molecule has 4 unspecified atom stereocenters. The number of aliphatic hydroxyl groups excluding tert-OH is 4. The molecule has 12 N–H and O–H groups in total. The topological polar surface area (TPSA) is 346 Å². The molecule has 0 aromatic heterocycles. The molecular weight excluding hydrogens is 743 g/mol. The van der Waals surface area contributed by atoms with Crippen LogP contribution in [0.1, 0.15) is 68.8 Å². The molecule has 2 aromatic carbocycles. The summed E-state index contributed by atoms with van der Waals surface area (Å²) in [4.78, 5) is 64.7. The fraction of sp³-hybridized carbons (Fsp3) is 0.515. The number of ether oxygens (including phenoxy) is 3. The van der Waals surface area contributed by atoms with Crippen molar-refractivity contribution in [3.05, 3.63) is 51.6 Å². The van der Waals surface area contributed by atoms with E-state index in [-0.39, 0.29) is 34.4 Å². The zero-order valence-corrected chi connectivity index (χ0v) is 29.5. The van der Waals surface area contributed by atoms with Crippen LogP contribution < -0.4 is 10.5 Å². The number of carbonyl (C=O) groups is 3. The number of carbonyl (C=O) groups excluding carboxylic acids is 3. The second kappa shape index (κ2) is 14.0. The lowest BCUT2D eigenvalue weighted by molar-refractivity contribution is -0.245. The predicted octanol–water partition coefficient (Wildman–Crippen LogP) is -2.41. The van der Waals surface area contributed by atoms with Gasteiger partial charge in [0.25, 0.3) is 0 Å². The number of fused-ring (bicyclic) bond motifs is 3. The molecule has 3 aliphatic carbocycles. The van der Waals surface area contributed by atoms with Crippen molar-refractivity contribution in [2.45, 2.75) is 80.0 Å². The van der Waals surface area contributed by atoms with E-state index in [0.717, 1.165) is 0 Å². The highest BCUT2D eigenvalue weighted by Gasteiger charge is 2.66. The molecule has 1 saturated heterocycles. The van der Waals surface area contributed by atoms with Gasteiger partial charge in [0.2, 0.25) is 11.1 Å². The van der Waals surface area contributed by atoms with Gasteiger partial charge in [0, 0.05) is 42.0 Å². The number of ketones is 3. The van der Waals surface area contributed by atoms with Gasteiger partial charge in [0.15, 0.2) is 24.5 Å². The highest BCUT2D eigenvalue weighted by molar-refractivity contribution is 7.53. The summed E-state index contributed by atoms with van der Waals surface area (Å²) >= 11 is 0. The molecule has 1 saturated carbocycles. The van der Waals surface area contributed by atoms with Gasteiger partial charge < -0.3 is 75.4 Å². The van der Waals surface area contributed by atoms with E-state index in [0.29, 0.717) is 0 Å². The highest BCUT2D eigenvalue weighted by Crippen LogP contribution is 2.57. The number of oxime groups is 1. The van der Waals surface area contributed by atoms with Gasteiger partial charge in [-0.15, -0.1) is 0 Å². The van der Waals surface area contributed by atoms with Crippen molar-refractivity contribution >= 4 is 30.7 Å². The van der Waals surface area contributed by atoms with Gasteiger partial charge in [-0.2, -0.15) is 0 Å². The minimum atomic E-state index is -5.73. The Labute approximate surface area is 305 Å². The lowest BCUT2D eigenvalue weighted by Crippen LogP contribution is -2.66. The van der Waals surface area contributed by atoms with Crippen LogP contribution in [0.15, 0.2) is 23.4 Å². The predicted molar refractivity (Wildman–Crippen MR) is 178 cm³/mol. The summed E-state index contributed by atoms with van der Waals surface area (Å²) in [5.74, 6) is -6.93. The molecule has 2 fully saturated rings. The van der Waals surface area contributed by atoms with Gasteiger partial charge in [-0.05, 0) is 13.0 Å². The summed E-state index contributed by atoms with van der Waals surface area (Å²) in [6.07, 6.45) is -10.4. The van der Waals surface area contributed by atoms with Crippen LogP contribution in [0, 0.1) is 5.92 Å². The standard InChI is InChI=1S/C33H39N2O18P/c1-11-24(37)14(34)6-18(52-11)53-16-8-32(45,17(9-36)35-51-10-33(46,54(47,48)49)23-29(42)31(44)30(23)43)7-13-20(16)28(41)22-21(26(13)39)25(38)12-4-3-5-15(50-2)19(12)27(22)40/h3-5,11,14,16,18,23-24,29,31,36-37,39,41-42,44-46H,6-10,34H2,1-2H3,(H2,47,48,49)/b35-17+/t11-,14-,16-,18-,23?,24+,29?,31?,32-,33?/m0/s1. The first-order valence-electron chi connectivity index (χ1n) is 16.5. The summed E-state index contributed by atoms with van der Waals surface area (Å²) in [6.45, 7) is -1.16. The Balaban J connectivity index is 1.43. The van der Waals surface area contributed by atoms with Crippen molar-refractivity contribution in [2.75, 3.05) is 20.3 Å². The van der Waals surface area contributed by atoms with E-state index in [4.69, 9.17) is 24.8 Å². The van der Waals surface area contributed by atoms with Crippen LogP contribution in [0.2, 0.25) is 0 Å². The fourth-order valence-electron chi connectivity index (χ4n) is 7.52. The van der Waals surface area contributed by atoms with E-state index < -0.39 is 139 Å². The average molecular weight is 783 g/mol. The van der Waals surface area contributed by atoms with Crippen molar-refractivity contribution in [3.8, 4) is 17.2 Å². The molecule has 2 aromatic rings. The highest BCUT2D eigenvalue weighted by atomic mass is 31.2. The number of aromatic hydroxyl groups is 2. The molecule has 1 aliphatic heterocycles. The van der Waals surface area contributed by atoms with Crippen LogP contribution in [0.4, 0.5) is 0 Å². The van der Waals surface area contributed by atoms with E-state index in [1.165, 1.54) is 32.2 Å². The SMILES string of the molecule is COc1cccc2c1C(=O)c1c(O)c3c(c(O)c1C2=O)C[C@@](O)(/C(CO)=N/OCC(O)(C1C(=O)C(O)C1O)P(=O)(O)O)C[C@@H]3O[C@H]1C[C@H](N)[C@H](O)[C@H](C)O1. The monoisotopic (exact) mass is 782 g/mol. The second-order valence-electron chi connectivity index (χ2n) is 13.8. The third-order valence-electron chi connectivity index (χ3n) is 10.5. The number of nitrogens with two attached hydrogens (primary N) is 1. The molecular formula is C33H39N2O18P. The Kier molecular flexibility index (Phi) is 10.3. The quantitative estimate of drug-likeness (QED) is 0.0441. The van der Waals surface area contributed by atoms with Gasteiger partial charge in [-0.1, -0.05) is 17.3 Å². The summed E-state index contributed by atoms with van der Waals surface area (Å²) in [6, 6.07) is 3.29. The number of hydrogen-bond donors (Lipinski definition) is 11. The zero-order chi connectivity index (χ0) is 39.8. The number of Topliss-reactive ketones (excluding diaryl/α,β-unsaturated/α-hetero) is 1. The Morgan fingerprint density at radius 2 is 1.74 bits per heavy atom. The fourth-order valence-corrected chi connectivity index (χ4v) is 8.39. The van der Waals surface area contributed by atoms with E-state index >= 15 is 0 Å². The molecule has 20 nitrogen and oxygen atoms in total. The normalized spacial score (nSPS) is 32.2. The third-order valence-corrected chi connectivity index (χ3v) is 12.0. The van der Waals surface area contributed by atoms with Gasteiger partial charge in [0.1, 0.15) is 40.8 Å². The maximum Gasteiger partial charge on any atom is 0.361 e. The Morgan fingerprint density at radius 1 is 1.07 bits per heavy atom. The van der Waals surface area contributed by atoms with E-state index in [1.54, 1.807) is 0 Å². The van der Waals surface area contributed by atoms with E-state index in [1.807, 2.05) is 0 Å². The molecule has 6 rings (SSSR count). The Hall–Kier alpha value is -3.89. The molecule has 0 bridgehead atoms. The molecule has 21 heteroatoms. The first kappa shape index (κ1) is 39.8. The molecule has 0 spiro atoms. The first-order chi connectivity index (χ1) is 25.2. The Bertz CT molecular complexity index is 1970. The van der Waals surface area contributed by atoms with Crippen molar-refractivity contribution in [1.29, 1.82) is 0 Å². The van der Waals surface area contributed by atoms with Crippen LogP contribution in [-0.2, 0) is 30.1 Å². The van der Waals surface area contributed by atoms with Crippen molar-refractivity contribution in [3.63, 3.8) is 0 Å². The van der Waals surface area contributed by atoms with Crippen molar-refractivity contribution < 1.29 is 88.6 Å². The molecule has 294 valence electrons. The zero-order valence-electron chi connectivity index (χ0n) is 28.6. The van der Waals surface area contributed by atoms with Gasteiger partial charge >= 0.3 is 7.60 Å². The second-order valence-corrected chi connectivity index (χ2v) is 15.6. The van der Waals surface area contributed by atoms with Gasteiger partial charge in [-0.25, -0.2) is 0 Å². The van der Waals surface area contributed by atoms with E-state index in [9.17, 15) is 69.6 Å². The number of nitrogens with zero attached hydrogens (tertiary/aromatic N) is 1. The summed E-state index contributed by atoms with van der Waals surface area (Å²) in [7, 11) is -4.46. The maximum absolute atomic E-state index is 13.9. The van der Waals surface area contributed by atoms with Crippen molar-refractivity contribution in [1.82, 2.24) is 0 Å². The summed E-state index contributed by atoms with van der Waals surface area (Å²) in [5, 5.41) is 86.9. The number of rotatable bonds is 10. The number of benzene rings is 2. The molecule has 0 radical (unpaired) electrons. The van der Waals surface area contributed by atoms with Crippen LogP contribution in [-0.4, -0.2) is 142 Å². The Morgan fingerprint density at radius 3 is 2.33 bits per heavy atom. The van der Waals surface area contributed by atoms with Crippen LogP contribution in [0.5, 0.6) is 17.2 Å². The summed E-state index contributed by atoms with van der Waals surface area (Å²) in [5.41, 5.74) is 0.721. The number of phenols is 2. The molecule has 54 heavy (non-hydrogen) atoms. The van der Waals surface area contributed by atoms with Crippen molar-refractivity contribution in [2.24, 2.45) is 16.8 Å². The number of aliphatic hydroxyl groups is 6. The lowest BCUT2D eigenvalue weighted by atomic mass is 9.71.